The zero-order chi connectivity index (χ0) is 16.2. The molecule has 1 aliphatic rings. The van der Waals surface area contributed by atoms with E-state index in [4.69, 9.17) is 4.98 Å². The molecule has 124 valence electrons. The Morgan fingerprint density at radius 2 is 1.67 bits per heavy atom. The van der Waals surface area contributed by atoms with Crippen molar-refractivity contribution < 1.29 is 0 Å². The van der Waals surface area contributed by atoms with E-state index in [1.165, 1.54) is 57.1 Å². The highest BCUT2D eigenvalue weighted by Crippen LogP contribution is 2.30. The lowest BCUT2D eigenvalue weighted by molar-refractivity contribution is 0.528. The summed E-state index contributed by atoms with van der Waals surface area (Å²) in [7, 11) is 0. The van der Waals surface area contributed by atoms with Gasteiger partial charge in [0.05, 0.1) is 12.4 Å². The highest BCUT2D eigenvalue weighted by molar-refractivity contribution is 5.55. The summed E-state index contributed by atoms with van der Waals surface area (Å²) in [5.41, 5.74) is 2.94. The van der Waals surface area contributed by atoms with Gasteiger partial charge in [-0.05, 0) is 18.9 Å². The number of imidazole rings is 1. The largest absolute Gasteiger partial charge is 0.294 e. The Hall–Kier alpha value is -2.30. The molecule has 24 heavy (non-hydrogen) atoms. The van der Waals surface area contributed by atoms with Gasteiger partial charge in [0.1, 0.15) is 5.69 Å². The molecule has 0 atom stereocenters. The molecule has 0 unspecified atom stereocenters. The summed E-state index contributed by atoms with van der Waals surface area (Å²) in [5.74, 6) is 1.32. The first-order chi connectivity index (χ1) is 11.9. The molecule has 1 fully saturated rings. The second kappa shape index (κ2) is 7.07. The van der Waals surface area contributed by atoms with Gasteiger partial charge in [0.2, 0.25) is 0 Å². The molecule has 3 heterocycles. The molecule has 5 heteroatoms. The van der Waals surface area contributed by atoms with E-state index in [0.29, 0.717) is 5.92 Å². The fourth-order valence-corrected chi connectivity index (χ4v) is 3.66. The Morgan fingerprint density at radius 1 is 0.875 bits per heavy atom. The first kappa shape index (κ1) is 15.2. The van der Waals surface area contributed by atoms with E-state index in [1.807, 2.05) is 23.0 Å². The monoisotopic (exact) mass is 321 g/mol. The van der Waals surface area contributed by atoms with Gasteiger partial charge < -0.3 is 0 Å². The summed E-state index contributed by atoms with van der Waals surface area (Å²) in [6, 6.07) is 2.09. The maximum absolute atomic E-state index is 4.90. The van der Waals surface area contributed by atoms with Gasteiger partial charge in [-0.2, -0.15) is 0 Å². The van der Waals surface area contributed by atoms with E-state index in [0.717, 1.165) is 17.2 Å². The van der Waals surface area contributed by atoms with Crippen LogP contribution in [0, 0.1) is 0 Å². The third-order valence-electron chi connectivity index (χ3n) is 5.00. The minimum atomic E-state index is 0.561. The van der Waals surface area contributed by atoms with E-state index in [2.05, 4.69) is 21.0 Å². The number of fused-ring (bicyclic) bond motifs is 1. The molecule has 1 saturated carbocycles. The van der Waals surface area contributed by atoms with Crippen LogP contribution in [-0.2, 0) is 0 Å². The van der Waals surface area contributed by atoms with E-state index >= 15 is 0 Å². The third kappa shape index (κ3) is 3.16. The van der Waals surface area contributed by atoms with Crippen molar-refractivity contribution in [2.24, 2.45) is 0 Å². The summed E-state index contributed by atoms with van der Waals surface area (Å²) in [6.07, 6.45) is 19.8. The molecule has 0 saturated heterocycles. The van der Waals surface area contributed by atoms with Crippen LogP contribution in [0.2, 0.25) is 0 Å². The maximum atomic E-state index is 4.90. The molecule has 0 spiro atoms. The first-order valence-electron chi connectivity index (χ1n) is 9.02. The van der Waals surface area contributed by atoms with Crippen molar-refractivity contribution in [3.63, 3.8) is 0 Å². The van der Waals surface area contributed by atoms with Gasteiger partial charge in [-0.15, -0.1) is 0 Å². The lowest BCUT2D eigenvalue weighted by atomic mass is 9.93. The molecule has 0 aliphatic heterocycles. The standard InChI is InChI=1S/C19H23N5/c1-2-4-6-8-15(7-5-3-1)16-9-10-21-19(23-16)17-13-22-18-14-20-11-12-24(17)18/h9-15H,1-8H2. The van der Waals surface area contributed by atoms with Crippen molar-refractivity contribution in [2.75, 3.05) is 0 Å². The van der Waals surface area contributed by atoms with Crippen LogP contribution in [0.5, 0.6) is 0 Å². The maximum Gasteiger partial charge on any atom is 0.178 e. The molecule has 5 nitrogen and oxygen atoms in total. The van der Waals surface area contributed by atoms with E-state index in [1.54, 1.807) is 12.4 Å². The predicted molar refractivity (Wildman–Crippen MR) is 93.7 cm³/mol. The van der Waals surface area contributed by atoms with Crippen molar-refractivity contribution in [3.05, 3.63) is 42.7 Å². The Kier molecular flexibility index (Phi) is 4.49. The summed E-state index contributed by atoms with van der Waals surface area (Å²) < 4.78 is 2.00. The van der Waals surface area contributed by atoms with Crippen molar-refractivity contribution >= 4 is 5.65 Å². The van der Waals surface area contributed by atoms with Crippen LogP contribution in [0.15, 0.2) is 37.1 Å². The van der Waals surface area contributed by atoms with Gasteiger partial charge >= 0.3 is 0 Å². The zero-order valence-electron chi connectivity index (χ0n) is 13.9. The van der Waals surface area contributed by atoms with E-state index in [9.17, 15) is 0 Å². The van der Waals surface area contributed by atoms with Crippen LogP contribution in [0.3, 0.4) is 0 Å². The SMILES string of the molecule is c1cn2c(-c3nccc(C4CCCCCCCC4)n3)cnc2cn1. The Labute approximate surface area is 142 Å². The van der Waals surface area contributed by atoms with Gasteiger partial charge in [0.15, 0.2) is 11.5 Å². The quantitative estimate of drug-likeness (QED) is 0.702. The van der Waals surface area contributed by atoms with Crippen molar-refractivity contribution in [2.45, 2.75) is 57.3 Å². The highest BCUT2D eigenvalue weighted by Gasteiger charge is 2.16. The lowest BCUT2D eigenvalue weighted by Gasteiger charge is -2.15. The molecule has 0 radical (unpaired) electrons. The van der Waals surface area contributed by atoms with Gasteiger partial charge in [0, 0.05) is 30.2 Å². The number of rotatable bonds is 2. The molecule has 0 bridgehead atoms. The van der Waals surface area contributed by atoms with Crippen LogP contribution in [-0.4, -0.2) is 24.3 Å². The van der Waals surface area contributed by atoms with Gasteiger partial charge in [0.25, 0.3) is 0 Å². The molecular formula is C19H23N5. The minimum absolute atomic E-state index is 0.561. The number of hydrogen-bond donors (Lipinski definition) is 0. The molecule has 0 aromatic carbocycles. The van der Waals surface area contributed by atoms with E-state index in [-0.39, 0.29) is 0 Å². The van der Waals surface area contributed by atoms with Gasteiger partial charge in [-0.3, -0.25) is 9.38 Å². The average Bonchev–Trinajstić information content (AvgIpc) is 3.11. The topological polar surface area (TPSA) is 56.0 Å². The van der Waals surface area contributed by atoms with Crippen LogP contribution in [0.25, 0.3) is 17.2 Å². The summed E-state index contributed by atoms with van der Waals surface area (Å²) in [6.45, 7) is 0. The van der Waals surface area contributed by atoms with Crippen LogP contribution < -0.4 is 0 Å². The van der Waals surface area contributed by atoms with E-state index < -0.39 is 0 Å². The first-order valence-corrected chi connectivity index (χ1v) is 9.02. The summed E-state index contributed by atoms with van der Waals surface area (Å²) in [4.78, 5) is 17.9. The summed E-state index contributed by atoms with van der Waals surface area (Å²) >= 11 is 0. The van der Waals surface area contributed by atoms with Gasteiger partial charge in [-0.1, -0.05) is 38.5 Å². The number of hydrogen-bond acceptors (Lipinski definition) is 4. The predicted octanol–water partition coefficient (Wildman–Crippen LogP) is 4.40. The van der Waals surface area contributed by atoms with Crippen molar-refractivity contribution in [1.29, 1.82) is 0 Å². The fraction of sp³-hybridized carbons (Fsp3) is 0.474. The van der Waals surface area contributed by atoms with Crippen LogP contribution >= 0.6 is 0 Å². The summed E-state index contributed by atoms with van der Waals surface area (Å²) in [5, 5.41) is 0. The fourth-order valence-electron chi connectivity index (χ4n) is 3.66. The zero-order valence-corrected chi connectivity index (χ0v) is 13.9. The number of nitrogens with zero attached hydrogens (tertiary/aromatic N) is 5. The molecule has 0 N–H and O–H groups in total. The highest BCUT2D eigenvalue weighted by atomic mass is 15.1. The molecule has 3 aromatic heterocycles. The molecule has 0 amide bonds. The smallest absolute Gasteiger partial charge is 0.178 e. The Balaban J connectivity index is 1.65. The molecule has 4 rings (SSSR count). The van der Waals surface area contributed by atoms with Gasteiger partial charge in [-0.25, -0.2) is 15.0 Å². The Morgan fingerprint density at radius 3 is 2.50 bits per heavy atom. The number of aromatic nitrogens is 5. The second-order valence-electron chi connectivity index (χ2n) is 6.65. The third-order valence-corrected chi connectivity index (χ3v) is 5.00. The minimum Gasteiger partial charge on any atom is -0.294 e. The lowest BCUT2D eigenvalue weighted by Crippen LogP contribution is -2.04. The molecule has 1 aliphatic carbocycles. The second-order valence-corrected chi connectivity index (χ2v) is 6.65. The normalized spacial score (nSPS) is 17.3. The van der Waals surface area contributed by atoms with Crippen LogP contribution in [0.4, 0.5) is 0 Å². The molecule has 3 aromatic rings. The molecular weight excluding hydrogens is 298 g/mol. The average molecular weight is 321 g/mol. The van der Waals surface area contributed by atoms with Crippen molar-refractivity contribution in [3.8, 4) is 11.5 Å². The van der Waals surface area contributed by atoms with Crippen LogP contribution in [0.1, 0.15) is 63.0 Å². The van der Waals surface area contributed by atoms with Crippen molar-refractivity contribution in [1.82, 2.24) is 24.3 Å². The Bertz CT molecular complexity index is 800.